The Morgan fingerprint density at radius 2 is 0.679 bits per heavy atom. The van der Waals surface area contributed by atoms with Crippen molar-refractivity contribution in [3.8, 4) is 0 Å². The van der Waals surface area contributed by atoms with Crippen molar-refractivity contribution in [1.82, 2.24) is 0 Å². The first-order chi connectivity index (χ1) is 12.0. The number of hydrogen-bond donors (Lipinski definition) is 0. The van der Waals surface area contributed by atoms with Crippen LogP contribution in [0.2, 0.25) is 0 Å². The van der Waals surface area contributed by atoms with E-state index in [1.165, 1.54) is 0 Å². The highest BCUT2D eigenvalue weighted by molar-refractivity contribution is 5.81. The fraction of sp³-hybridized carbons (Fsp3) is 0.750. The third-order valence-corrected chi connectivity index (χ3v) is 1.92. The van der Waals surface area contributed by atoms with E-state index in [0.29, 0.717) is 0 Å². The quantitative estimate of drug-likeness (QED) is 0.345. The first-order valence-electron chi connectivity index (χ1n) is 5.45. The van der Waals surface area contributed by atoms with E-state index in [9.17, 15) is 71.1 Å². The summed E-state index contributed by atoms with van der Waals surface area (Å²) in [6, 6.07) is 0. The third kappa shape index (κ3) is 6.21. The number of hydrogen-bond acceptors (Lipinski definition) is 6. The van der Waals surface area contributed by atoms with Crippen LogP contribution in [0.1, 0.15) is 0 Å². The molecule has 0 aromatic rings. The molecule has 0 saturated heterocycles. The molecule has 0 spiro atoms. The number of alkyl halides is 14. The zero-order valence-electron chi connectivity index (χ0n) is 11.7. The molecule has 0 heterocycles. The smallest absolute Gasteiger partial charge is 0.240 e. The first-order valence-corrected chi connectivity index (χ1v) is 5.45. The van der Waals surface area contributed by atoms with Gasteiger partial charge in [-0.25, -0.2) is 28.8 Å². The summed E-state index contributed by atoms with van der Waals surface area (Å²) in [5.41, 5.74) is 0. The topological polar surface area (TPSA) is 71.1 Å². The molecule has 20 heteroatoms. The number of carbonyl (C=O) groups excluding carboxylic acids is 2. The normalized spacial score (nSPS) is 14.6. The molecule has 0 aromatic carbocycles. The molecule has 0 aliphatic rings. The second-order valence-corrected chi connectivity index (χ2v) is 4.02. The maximum atomic E-state index is 12.8. The maximum Gasteiger partial charge on any atom is 0.527 e. The lowest BCUT2D eigenvalue weighted by molar-refractivity contribution is -0.466. The summed E-state index contributed by atoms with van der Waals surface area (Å²) in [6.45, 7) is 0. The Labute approximate surface area is 140 Å². The van der Waals surface area contributed by atoms with E-state index in [-0.39, 0.29) is 0 Å². The van der Waals surface area contributed by atoms with Crippen molar-refractivity contribution >= 4 is 11.9 Å². The monoisotopic (exact) mass is 458 g/mol. The molecule has 0 atom stereocenters. The molecular weight excluding hydrogens is 458 g/mol. The molecule has 0 fully saturated rings. The van der Waals surface area contributed by atoms with Gasteiger partial charge in [0.15, 0.2) is 0 Å². The summed E-state index contributed by atoms with van der Waals surface area (Å²) in [5.74, 6) is -21.6. The van der Waals surface area contributed by atoms with E-state index >= 15 is 0 Å². The Morgan fingerprint density at radius 1 is 0.464 bits per heavy atom. The second kappa shape index (κ2) is 7.37. The van der Waals surface area contributed by atoms with Gasteiger partial charge in [0.05, 0.1) is 0 Å². The Hall–Kier alpha value is -2.12. The Bertz CT molecular complexity index is 540. The van der Waals surface area contributed by atoms with Crippen molar-refractivity contribution < 1.29 is 90.3 Å². The average molecular weight is 458 g/mol. The molecule has 0 rings (SSSR count). The van der Waals surface area contributed by atoms with Crippen LogP contribution in [0, 0.1) is 0 Å². The second-order valence-electron chi connectivity index (χ2n) is 4.02. The lowest BCUT2D eigenvalue weighted by atomic mass is 10.3. The van der Waals surface area contributed by atoms with Gasteiger partial charge in [-0.3, -0.25) is 0 Å². The van der Waals surface area contributed by atoms with Crippen molar-refractivity contribution in [3.05, 3.63) is 0 Å². The Balaban J connectivity index is 5.27. The molecule has 0 amide bonds. The van der Waals surface area contributed by atoms with Crippen LogP contribution in [-0.4, -0.2) is 48.7 Å². The molecule has 0 aliphatic carbocycles. The van der Waals surface area contributed by atoms with Gasteiger partial charge in [-0.15, -0.1) is 26.3 Å². The van der Waals surface area contributed by atoms with Gasteiger partial charge >= 0.3 is 48.7 Å². The van der Waals surface area contributed by atoms with Crippen LogP contribution in [0.4, 0.5) is 61.5 Å². The third-order valence-electron chi connectivity index (χ3n) is 1.92. The van der Waals surface area contributed by atoms with Crippen molar-refractivity contribution in [3.63, 3.8) is 0 Å². The fourth-order valence-electron chi connectivity index (χ4n) is 0.837. The highest BCUT2D eigenvalue weighted by Gasteiger charge is 2.71. The van der Waals surface area contributed by atoms with Crippen LogP contribution in [0.25, 0.3) is 0 Å². The summed E-state index contributed by atoms with van der Waals surface area (Å²) < 4.78 is 173. The molecule has 0 unspecified atom stereocenters. The molecule has 0 N–H and O–H groups in total. The molecule has 6 nitrogen and oxygen atoms in total. The Kier molecular flexibility index (Phi) is 6.81. The fourth-order valence-corrected chi connectivity index (χ4v) is 0.837. The average Bonchev–Trinajstić information content (AvgIpc) is 2.38. The van der Waals surface area contributed by atoms with Gasteiger partial charge in [-0.1, -0.05) is 0 Å². The number of ether oxygens (including phenoxy) is 2. The van der Waals surface area contributed by atoms with Gasteiger partial charge in [0.2, 0.25) is 0 Å². The van der Waals surface area contributed by atoms with Gasteiger partial charge in [-0.2, -0.15) is 35.1 Å². The number of halogens is 14. The molecule has 0 bridgehead atoms. The molecule has 0 aliphatic heterocycles. The van der Waals surface area contributed by atoms with Gasteiger partial charge in [0.1, 0.15) is 0 Å². The molecule has 28 heavy (non-hydrogen) atoms. The zero-order chi connectivity index (χ0) is 23.0. The minimum Gasteiger partial charge on any atom is -0.240 e. The first kappa shape index (κ1) is 25.9. The van der Waals surface area contributed by atoms with E-state index in [2.05, 4.69) is 9.78 Å². The minimum atomic E-state index is -6.79. The van der Waals surface area contributed by atoms with Crippen LogP contribution in [0.5, 0.6) is 0 Å². The Morgan fingerprint density at radius 3 is 0.857 bits per heavy atom. The van der Waals surface area contributed by atoms with Gasteiger partial charge in [0.25, 0.3) is 0 Å². The predicted molar refractivity (Wildman–Crippen MR) is 46.3 cm³/mol. The summed E-state index contributed by atoms with van der Waals surface area (Å²) in [4.78, 5) is 25.5. The lowest BCUT2D eigenvalue weighted by Crippen LogP contribution is -2.54. The van der Waals surface area contributed by atoms with Gasteiger partial charge < -0.3 is 0 Å². The van der Waals surface area contributed by atoms with E-state index in [0.717, 1.165) is 0 Å². The van der Waals surface area contributed by atoms with Crippen molar-refractivity contribution in [1.29, 1.82) is 0 Å². The van der Waals surface area contributed by atoms with Crippen molar-refractivity contribution in [2.75, 3.05) is 0 Å². The van der Waals surface area contributed by atoms with E-state index in [1.807, 2.05) is 0 Å². The highest BCUT2D eigenvalue weighted by atomic mass is 19.4. The van der Waals surface area contributed by atoms with Crippen molar-refractivity contribution in [2.24, 2.45) is 0 Å². The van der Waals surface area contributed by atoms with Crippen LogP contribution < -0.4 is 0 Å². The van der Waals surface area contributed by atoms with Crippen molar-refractivity contribution in [2.45, 2.75) is 36.8 Å². The highest BCUT2D eigenvalue weighted by Crippen LogP contribution is 2.42. The number of rotatable bonds is 6. The molecular formula is C8F14O6. The number of carbonyl (C=O) groups is 2. The van der Waals surface area contributed by atoms with Crippen LogP contribution in [0.15, 0.2) is 0 Å². The molecule has 166 valence electrons. The summed E-state index contributed by atoms with van der Waals surface area (Å²) in [6.07, 6.45) is -26.6. The van der Waals surface area contributed by atoms with Gasteiger partial charge in [0, 0.05) is 0 Å². The van der Waals surface area contributed by atoms with E-state index < -0.39 is 48.7 Å². The SMILES string of the molecule is O=C(OOC(=O)C(F)(F)C(F)(F)OC(F)(F)F)C(F)(F)C(F)(F)OC(F)(F)F. The summed E-state index contributed by atoms with van der Waals surface area (Å²) in [5, 5.41) is 0. The molecule has 0 aromatic heterocycles. The summed E-state index contributed by atoms with van der Waals surface area (Å²) >= 11 is 0. The van der Waals surface area contributed by atoms with Crippen LogP contribution >= 0.6 is 0 Å². The predicted octanol–water partition coefficient (Wildman–Crippen LogP) is 3.52. The van der Waals surface area contributed by atoms with E-state index in [1.54, 1.807) is 9.47 Å². The largest absolute Gasteiger partial charge is 0.527 e. The van der Waals surface area contributed by atoms with Gasteiger partial charge in [-0.05, 0) is 0 Å². The lowest BCUT2D eigenvalue weighted by Gasteiger charge is -2.25. The molecule has 0 saturated carbocycles. The van der Waals surface area contributed by atoms with E-state index in [4.69, 9.17) is 0 Å². The molecule has 0 radical (unpaired) electrons. The maximum absolute atomic E-state index is 12.8. The van der Waals surface area contributed by atoms with Crippen LogP contribution in [-0.2, 0) is 28.8 Å². The summed E-state index contributed by atoms with van der Waals surface area (Å²) in [7, 11) is 0. The standard InChI is InChI=1S/C8F14O6/c9-3(10,5(13,14)27-7(17,18)19)1(23)25-26-2(24)4(11,12)6(15,16)28-8(20,21)22. The minimum absolute atomic E-state index is 1.56. The zero-order valence-corrected chi connectivity index (χ0v) is 11.7. The van der Waals surface area contributed by atoms with Crippen LogP contribution in [0.3, 0.4) is 0 Å².